The Morgan fingerprint density at radius 2 is 2.12 bits per heavy atom. The molecule has 1 aromatic carbocycles. The van der Waals surface area contributed by atoms with E-state index in [0.717, 1.165) is 42.8 Å². The molecule has 1 amide bonds. The van der Waals surface area contributed by atoms with Gasteiger partial charge in [0, 0.05) is 12.1 Å². The summed E-state index contributed by atoms with van der Waals surface area (Å²) in [4.78, 5) is 25.4. The second-order valence-corrected chi connectivity index (χ2v) is 7.05. The Morgan fingerprint density at radius 3 is 2.85 bits per heavy atom. The van der Waals surface area contributed by atoms with Crippen molar-refractivity contribution in [2.24, 2.45) is 0 Å². The smallest absolute Gasteiger partial charge is 0.417 e. The molecule has 3 rings (SSSR count). The molecule has 2 saturated heterocycles. The second-order valence-electron chi connectivity index (χ2n) is 6.64. The fraction of sp³-hybridized carbons (Fsp3) is 0.529. The minimum Gasteiger partial charge on any atom is -0.455 e. The summed E-state index contributed by atoms with van der Waals surface area (Å²) in [5.74, 6) is -0.957. The first-order valence-electron chi connectivity index (χ1n) is 8.44. The minimum atomic E-state index is -4.61. The van der Waals surface area contributed by atoms with Crippen molar-refractivity contribution in [1.82, 2.24) is 0 Å². The van der Waals surface area contributed by atoms with E-state index in [1.807, 2.05) is 0 Å². The third-order valence-corrected chi connectivity index (χ3v) is 5.23. The molecule has 9 heteroatoms. The van der Waals surface area contributed by atoms with E-state index < -0.39 is 34.7 Å². The number of hydrogen-bond donors (Lipinski definition) is 2. The van der Waals surface area contributed by atoms with Gasteiger partial charge in [0.05, 0.1) is 23.6 Å². The lowest BCUT2D eigenvalue weighted by Gasteiger charge is -2.40. The molecule has 2 heterocycles. The number of rotatable bonds is 3. The highest BCUT2D eigenvalue weighted by atomic mass is 35.5. The van der Waals surface area contributed by atoms with Crippen molar-refractivity contribution in [3.8, 4) is 0 Å². The van der Waals surface area contributed by atoms with E-state index in [-0.39, 0.29) is 18.2 Å². The van der Waals surface area contributed by atoms with Crippen LogP contribution in [0, 0.1) is 0 Å². The van der Waals surface area contributed by atoms with Gasteiger partial charge in [0.15, 0.2) is 6.04 Å². The van der Waals surface area contributed by atoms with Gasteiger partial charge in [-0.15, -0.1) is 0 Å². The minimum absolute atomic E-state index is 0.0129. The average molecular weight is 392 g/mol. The number of ether oxygens (including phenoxy) is 1. The second kappa shape index (κ2) is 7.44. The molecule has 0 aliphatic carbocycles. The van der Waals surface area contributed by atoms with Gasteiger partial charge in [-0.25, -0.2) is 4.79 Å². The zero-order valence-electron chi connectivity index (χ0n) is 13.9. The summed E-state index contributed by atoms with van der Waals surface area (Å²) in [5.41, 5.74) is -1.03. The maximum absolute atomic E-state index is 12.9. The molecule has 3 atom stereocenters. The number of alkyl halides is 3. The molecule has 0 aromatic heterocycles. The Labute approximate surface area is 153 Å². The number of quaternary nitrogens is 1. The van der Waals surface area contributed by atoms with Gasteiger partial charge >= 0.3 is 12.1 Å². The van der Waals surface area contributed by atoms with Crippen molar-refractivity contribution >= 4 is 29.2 Å². The molecule has 2 aliphatic rings. The number of esters is 1. The predicted octanol–water partition coefficient (Wildman–Crippen LogP) is 2.05. The van der Waals surface area contributed by atoms with Crippen molar-refractivity contribution in [3.63, 3.8) is 0 Å². The molecule has 0 bridgehead atoms. The Balaban J connectivity index is 1.69. The molecule has 2 fully saturated rings. The van der Waals surface area contributed by atoms with Crippen molar-refractivity contribution in [1.29, 1.82) is 0 Å². The molecule has 2 N–H and O–H groups in total. The number of carbonyl (C=O) groups is 2. The van der Waals surface area contributed by atoms with E-state index >= 15 is 0 Å². The topological polar surface area (TPSA) is 59.8 Å². The summed E-state index contributed by atoms with van der Waals surface area (Å²) in [6, 6.07) is 2.73. The third-order valence-electron chi connectivity index (χ3n) is 4.90. The summed E-state index contributed by atoms with van der Waals surface area (Å²) >= 11 is 5.57. The van der Waals surface area contributed by atoms with Gasteiger partial charge in [0.25, 0.3) is 0 Å². The zero-order chi connectivity index (χ0) is 18.9. The fourth-order valence-corrected chi connectivity index (χ4v) is 3.85. The van der Waals surface area contributed by atoms with Crippen molar-refractivity contribution < 1.29 is 32.4 Å². The quantitative estimate of drug-likeness (QED) is 0.775. The highest BCUT2D eigenvalue weighted by Crippen LogP contribution is 2.36. The average Bonchev–Trinajstić information content (AvgIpc) is 2.58. The lowest BCUT2D eigenvalue weighted by atomic mass is 9.97. The number of cyclic esters (lactones) is 1. The van der Waals surface area contributed by atoms with E-state index in [1.54, 1.807) is 0 Å². The van der Waals surface area contributed by atoms with Gasteiger partial charge in [0.2, 0.25) is 5.91 Å². The van der Waals surface area contributed by atoms with Gasteiger partial charge in [0.1, 0.15) is 12.6 Å². The van der Waals surface area contributed by atoms with Crippen LogP contribution in [0.3, 0.4) is 0 Å². The first kappa shape index (κ1) is 19.0. The van der Waals surface area contributed by atoms with Gasteiger partial charge in [-0.1, -0.05) is 11.6 Å². The van der Waals surface area contributed by atoms with Crippen molar-refractivity contribution in [3.05, 3.63) is 28.8 Å². The maximum atomic E-state index is 12.9. The van der Waals surface area contributed by atoms with Crippen LogP contribution in [0.2, 0.25) is 5.02 Å². The molecule has 142 valence electrons. The van der Waals surface area contributed by atoms with Gasteiger partial charge in [-0.2, -0.15) is 13.2 Å². The molecule has 0 saturated carbocycles. The van der Waals surface area contributed by atoms with Crippen molar-refractivity contribution in [2.45, 2.75) is 43.9 Å². The summed E-state index contributed by atoms with van der Waals surface area (Å²) in [6.45, 7) is 1.15. The van der Waals surface area contributed by atoms with Crippen LogP contribution in [0.4, 0.5) is 18.9 Å². The number of amides is 1. The largest absolute Gasteiger partial charge is 0.455 e. The van der Waals surface area contributed by atoms with E-state index in [0.29, 0.717) is 6.61 Å². The van der Waals surface area contributed by atoms with Crippen LogP contribution < -0.4 is 10.2 Å². The number of anilines is 1. The molecule has 1 unspecified atom stereocenters. The van der Waals surface area contributed by atoms with E-state index in [1.165, 1.54) is 6.07 Å². The molecule has 1 aromatic rings. The molecule has 0 radical (unpaired) electrons. The van der Waals surface area contributed by atoms with Crippen LogP contribution in [0.15, 0.2) is 18.2 Å². The normalized spacial score (nSPS) is 26.0. The molecular formula is C17H19ClF3N2O3+. The Morgan fingerprint density at radius 1 is 1.35 bits per heavy atom. The Bertz CT molecular complexity index is 711. The predicted molar refractivity (Wildman–Crippen MR) is 87.9 cm³/mol. The first-order valence-corrected chi connectivity index (χ1v) is 8.82. The van der Waals surface area contributed by atoms with Gasteiger partial charge in [-0.3, -0.25) is 4.79 Å². The SMILES string of the molecule is O=C(C[C@H]1C(=O)OC[C@H]2CCCC[NH+]21)Nc1ccc(Cl)c(C(F)(F)F)c1. The number of hydrogen-bond acceptors (Lipinski definition) is 3. The summed E-state index contributed by atoms with van der Waals surface area (Å²) in [6.07, 6.45) is -1.77. The van der Waals surface area contributed by atoms with Gasteiger partial charge < -0.3 is 15.0 Å². The monoisotopic (exact) mass is 391 g/mol. The standard InChI is InChI=1S/C17H18ClF3N2O3/c18-13-5-4-10(7-12(13)17(19,20)21)22-15(24)8-14-16(25)26-9-11-3-1-2-6-23(11)14/h4-5,7,11,14H,1-3,6,8-9H2,(H,22,24)/p+1/t11-,14+/m1/s1. The number of morpholine rings is 1. The van der Waals surface area contributed by atoms with Crippen LogP contribution in [0.5, 0.6) is 0 Å². The maximum Gasteiger partial charge on any atom is 0.417 e. The molecule has 5 nitrogen and oxygen atoms in total. The number of halogens is 4. The van der Waals surface area contributed by atoms with Crippen LogP contribution >= 0.6 is 11.6 Å². The Kier molecular flexibility index (Phi) is 5.43. The third kappa shape index (κ3) is 4.12. The number of fused-ring (bicyclic) bond motifs is 1. The number of benzene rings is 1. The molecule has 0 spiro atoms. The molecular weight excluding hydrogens is 373 g/mol. The zero-order valence-corrected chi connectivity index (χ0v) is 14.6. The lowest BCUT2D eigenvalue weighted by molar-refractivity contribution is -0.951. The van der Waals surface area contributed by atoms with Crippen LogP contribution in [0.1, 0.15) is 31.2 Å². The van der Waals surface area contributed by atoms with Crippen LogP contribution in [-0.2, 0) is 20.5 Å². The molecule has 2 aliphatic heterocycles. The lowest BCUT2D eigenvalue weighted by Crippen LogP contribution is -3.22. The number of carbonyl (C=O) groups excluding carboxylic acids is 2. The summed E-state index contributed by atoms with van der Waals surface area (Å²) in [7, 11) is 0. The van der Waals surface area contributed by atoms with Crippen LogP contribution in [0.25, 0.3) is 0 Å². The Hall–Kier alpha value is -1.80. The first-order chi connectivity index (χ1) is 12.3. The summed E-state index contributed by atoms with van der Waals surface area (Å²) < 4.78 is 43.9. The number of nitrogens with one attached hydrogen (secondary N) is 2. The highest BCUT2D eigenvalue weighted by Gasteiger charge is 2.44. The van der Waals surface area contributed by atoms with E-state index in [9.17, 15) is 22.8 Å². The van der Waals surface area contributed by atoms with Gasteiger partial charge in [-0.05, 0) is 31.0 Å². The highest BCUT2D eigenvalue weighted by molar-refractivity contribution is 6.31. The van der Waals surface area contributed by atoms with E-state index in [4.69, 9.17) is 16.3 Å². The fourth-order valence-electron chi connectivity index (χ4n) is 3.63. The van der Waals surface area contributed by atoms with Crippen molar-refractivity contribution in [2.75, 3.05) is 18.5 Å². The van der Waals surface area contributed by atoms with E-state index in [2.05, 4.69) is 5.32 Å². The number of piperidine rings is 1. The molecule has 26 heavy (non-hydrogen) atoms. The van der Waals surface area contributed by atoms with Crippen LogP contribution in [-0.4, -0.2) is 37.1 Å². The summed E-state index contributed by atoms with van der Waals surface area (Å²) in [5, 5.41) is 1.99.